The van der Waals surface area contributed by atoms with Crippen molar-refractivity contribution in [1.82, 2.24) is 4.90 Å². The van der Waals surface area contributed by atoms with Gasteiger partial charge in [-0.15, -0.1) is 0 Å². The topological polar surface area (TPSA) is 78.5 Å². The molecule has 0 saturated carbocycles. The lowest BCUT2D eigenvalue weighted by molar-refractivity contribution is -0.116. The second kappa shape index (κ2) is 9.71. The number of ketones is 1. The Morgan fingerprint density at radius 3 is 2.17 bits per heavy atom. The maximum atomic E-state index is 12.9. The Labute approximate surface area is 179 Å². The highest BCUT2D eigenvalue weighted by Gasteiger charge is 2.18. The van der Waals surface area contributed by atoms with Crippen LogP contribution in [0.2, 0.25) is 5.02 Å². The van der Waals surface area contributed by atoms with Gasteiger partial charge < -0.3 is 15.5 Å². The first-order chi connectivity index (χ1) is 14.4. The predicted molar refractivity (Wildman–Crippen MR) is 118 cm³/mol. The Hall–Kier alpha value is -3.64. The number of rotatable bonds is 6. The molecule has 0 aliphatic rings. The van der Waals surface area contributed by atoms with Crippen molar-refractivity contribution < 1.29 is 14.4 Å². The number of hydrogen-bond acceptors (Lipinski definition) is 3. The Balaban J connectivity index is 1.69. The van der Waals surface area contributed by atoms with Crippen molar-refractivity contribution in [3.63, 3.8) is 0 Å². The maximum absolute atomic E-state index is 12.9. The van der Waals surface area contributed by atoms with E-state index in [4.69, 9.17) is 11.6 Å². The van der Waals surface area contributed by atoms with Crippen LogP contribution in [0.4, 0.5) is 16.2 Å². The van der Waals surface area contributed by atoms with E-state index in [9.17, 15) is 14.4 Å². The van der Waals surface area contributed by atoms with Crippen LogP contribution in [-0.4, -0.2) is 36.2 Å². The van der Waals surface area contributed by atoms with Gasteiger partial charge in [0.05, 0.1) is 5.69 Å². The van der Waals surface area contributed by atoms with Gasteiger partial charge in [-0.05, 0) is 30.3 Å². The van der Waals surface area contributed by atoms with Crippen LogP contribution in [0.15, 0.2) is 78.9 Å². The zero-order valence-corrected chi connectivity index (χ0v) is 17.0. The Kier molecular flexibility index (Phi) is 6.83. The van der Waals surface area contributed by atoms with Crippen LogP contribution < -0.4 is 10.6 Å². The molecule has 0 spiro atoms. The minimum absolute atomic E-state index is 0.194. The number of urea groups is 1. The molecule has 3 aromatic carbocycles. The molecule has 0 unspecified atom stereocenters. The van der Waals surface area contributed by atoms with E-state index in [1.54, 1.807) is 60.7 Å². The Morgan fingerprint density at radius 1 is 0.867 bits per heavy atom. The van der Waals surface area contributed by atoms with Crippen molar-refractivity contribution in [2.45, 2.75) is 0 Å². The van der Waals surface area contributed by atoms with E-state index >= 15 is 0 Å². The average Bonchev–Trinajstić information content (AvgIpc) is 2.75. The van der Waals surface area contributed by atoms with Gasteiger partial charge in [0.15, 0.2) is 5.78 Å². The number of amides is 3. The standard InChI is InChI=1S/C23H20ClN3O3/c1-27(23(30)25-18-10-6-3-7-11-18)15-21(28)26-20-13-12-17(24)14-19(20)22(29)16-8-4-2-5-9-16/h2-14H,15H2,1H3,(H,25,30)(H,26,28). The summed E-state index contributed by atoms with van der Waals surface area (Å²) in [5.41, 5.74) is 1.71. The van der Waals surface area contributed by atoms with Crippen molar-refractivity contribution in [2.24, 2.45) is 0 Å². The zero-order chi connectivity index (χ0) is 21.5. The van der Waals surface area contributed by atoms with E-state index in [-0.39, 0.29) is 17.9 Å². The van der Waals surface area contributed by atoms with E-state index in [0.717, 1.165) is 0 Å². The van der Waals surface area contributed by atoms with Gasteiger partial charge >= 0.3 is 6.03 Å². The van der Waals surface area contributed by atoms with Crippen molar-refractivity contribution in [1.29, 1.82) is 0 Å². The van der Waals surface area contributed by atoms with Crippen molar-refractivity contribution in [2.75, 3.05) is 24.2 Å². The van der Waals surface area contributed by atoms with E-state index < -0.39 is 11.9 Å². The predicted octanol–water partition coefficient (Wildman–Crippen LogP) is 4.67. The summed E-state index contributed by atoms with van der Waals surface area (Å²) in [6.07, 6.45) is 0. The monoisotopic (exact) mass is 421 g/mol. The SMILES string of the molecule is CN(CC(=O)Nc1ccc(Cl)cc1C(=O)c1ccccc1)C(=O)Nc1ccccc1. The first-order valence-corrected chi connectivity index (χ1v) is 9.58. The summed E-state index contributed by atoms with van der Waals surface area (Å²) in [7, 11) is 1.51. The van der Waals surface area contributed by atoms with Crippen molar-refractivity contribution in [3.8, 4) is 0 Å². The van der Waals surface area contributed by atoms with E-state index in [2.05, 4.69) is 10.6 Å². The molecule has 3 amide bonds. The van der Waals surface area contributed by atoms with E-state index in [0.29, 0.717) is 22.0 Å². The number of carbonyl (C=O) groups excluding carboxylic acids is 3. The van der Waals surface area contributed by atoms with Crippen molar-refractivity contribution >= 4 is 40.7 Å². The molecule has 6 nitrogen and oxygen atoms in total. The minimum atomic E-state index is -0.440. The molecule has 0 heterocycles. The molecule has 0 aliphatic carbocycles. The first kappa shape index (κ1) is 21.1. The van der Waals surface area contributed by atoms with Gasteiger partial charge in [-0.1, -0.05) is 60.1 Å². The summed E-state index contributed by atoms with van der Waals surface area (Å²) in [5, 5.41) is 5.78. The number of anilines is 2. The lowest BCUT2D eigenvalue weighted by Gasteiger charge is -2.18. The molecule has 152 valence electrons. The van der Waals surface area contributed by atoms with Gasteiger partial charge in [-0.2, -0.15) is 0 Å². The smallest absolute Gasteiger partial charge is 0.322 e. The lowest BCUT2D eigenvalue weighted by atomic mass is 10.0. The van der Waals surface area contributed by atoms with Crippen LogP contribution in [0.1, 0.15) is 15.9 Å². The van der Waals surface area contributed by atoms with Crippen LogP contribution in [0, 0.1) is 0 Å². The molecular formula is C23H20ClN3O3. The van der Waals surface area contributed by atoms with Gasteiger partial charge in [0, 0.05) is 28.9 Å². The molecule has 0 fully saturated rings. The fraction of sp³-hybridized carbons (Fsp3) is 0.0870. The van der Waals surface area contributed by atoms with Gasteiger partial charge in [0.2, 0.25) is 5.91 Å². The molecule has 30 heavy (non-hydrogen) atoms. The molecular weight excluding hydrogens is 402 g/mol. The van der Waals surface area contributed by atoms with Gasteiger partial charge in [-0.25, -0.2) is 4.79 Å². The number of para-hydroxylation sites is 1. The minimum Gasteiger partial charge on any atom is -0.324 e. The Morgan fingerprint density at radius 2 is 1.50 bits per heavy atom. The zero-order valence-electron chi connectivity index (χ0n) is 16.3. The summed E-state index contributed by atoms with van der Waals surface area (Å²) >= 11 is 6.06. The molecule has 3 aromatic rings. The van der Waals surface area contributed by atoms with E-state index in [1.165, 1.54) is 18.0 Å². The Bertz CT molecular complexity index is 1060. The normalized spacial score (nSPS) is 10.2. The number of hydrogen-bond donors (Lipinski definition) is 2. The average molecular weight is 422 g/mol. The molecule has 2 N–H and O–H groups in total. The largest absolute Gasteiger partial charge is 0.324 e. The summed E-state index contributed by atoms with van der Waals surface area (Å²) < 4.78 is 0. The van der Waals surface area contributed by atoms with Gasteiger partial charge in [-0.3, -0.25) is 9.59 Å². The molecule has 0 saturated heterocycles. The third kappa shape index (κ3) is 5.46. The van der Waals surface area contributed by atoms with Gasteiger partial charge in [0.25, 0.3) is 0 Å². The summed E-state index contributed by atoms with van der Waals surface area (Å²) in [5.74, 6) is -0.700. The number of nitrogens with one attached hydrogen (secondary N) is 2. The van der Waals surface area contributed by atoms with Crippen LogP contribution in [0.3, 0.4) is 0 Å². The molecule has 7 heteroatoms. The van der Waals surface area contributed by atoms with Crippen LogP contribution in [-0.2, 0) is 4.79 Å². The summed E-state index contributed by atoms with van der Waals surface area (Å²) in [4.78, 5) is 38.9. The van der Waals surface area contributed by atoms with Crippen LogP contribution in [0.25, 0.3) is 0 Å². The van der Waals surface area contributed by atoms with Crippen LogP contribution in [0.5, 0.6) is 0 Å². The molecule has 0 aromatic heterocycles. The molecule has 0 atom stereocenters. The quantitative estimate of drug-likeness (QED) is 0.567. The second-order valence-electron chi connectivity index (χ2n) is 6.59. The highest BCUT2D eigenvalue weighted by atomic mass is 35.5. The highest BCUT2D eigenvalue weighted by molar-refractivity contribution is 6.31. The van der Waals surface area contributed by atoms with Crippen LogP contribution >= 0.6 is 11.6 Å². The molecule has 0 bridgehead atoms. The fourth-order valence-corrected chi connectivity index (χ4v) is 2.95. The number of benzene rings is 3. The number of halogens is 1. The molecule has 3 rings (SSSR count). The third-order valence-corrected chi connectivity index (χ3v) is 4.52. The number of carbonyl (C=O) groups is 3. The maximum Gasteiger partial charge on any atom is 0.322 e. The molecule has 0 aliphatic heterocycles. The van der Waals surface area contributed by atoms with Gasteiger partial charge in [0.1, 0.15) is 6.54 Å². The second-order valence-corrected chi connectivity index (χ2v) is 7.02. The summed E-state index contributed by atoms with van der Waals surface area (Å²) in [6, 6.07) is 21.9. The third-order valence-electron chi connectivity index (χ3n) is 4.29. The highest BCUT2D eigenvalue weighted by Crippen LogP contribution is 2.24. The summed E-state index contributed by atoms with van der Waals surface area (Å²) in [6.45, 7) is -0.194. The molecule has 0 radical (unpaired) electrons. The first-order valence-electron chi connectivity index (χ1n) is 9.20. The number of nitrogens with zero attached hydrogens (tertiary/aromatic N) is 1. The van der Waals surface area contributed by atoms with Crippen molar-refractivity contribution in [3.05, 3.63) is 95.0 Å². The fourth-order valence-electron chi connectivity index (χ4n) is 2.78. The lowest BCUT2D eigenvalue weighted by Crippen LogP contribution is -2.37. The van der Waals surface area contributed by atoms with E-state index in [1.807, 2.05) is 12.1 Å². The number of likely N-dealkylation sites (N-methyl/N-ethyl adjacent to an activating group) is 1.